The van der Waals surface area contributed by atoms with Gasteiger partial charge in [0.05, 0.1) is 0 Å². The van der Waals surface area contributed by atoms with E-state index in [0.717, 1.165) is 32.1 Å². The van der Waals surface area contributed by atoms with Crippen molar-refractivity contribution in [3.05, 3.63) is 11.6 Å². The SMILES string of the molecule is CCC(=O)O[C@H]1CC[C@@H]2[C@H]3CCC4=CC(=O)CC[C@]4(C)[C@@H]3C(=O)C[C@@]12C. The normalized spacial score (nSPS) is 44.7. The van der Waals surface area contributed by atoms with Crippen LogP contribution >= 0.6 is 0 Å². The van der Waals surface area contributed by atoms with Gasteiger partial charge in [-0.15, -0.1) is 0 Å². The van der Waals surface area contributed by atoms with Gasteiger partial charge in [-0.25, -0.2) is 0 Å². The molecule has 4 aliphatic carbocycles. The second-order valence-corrected chi connectivity index (χ2v) is 9.40. The Morgan fingerprint density at radius 1 is 1.19 bits per heavy atom. The molecule has 0 amide bonds. The Bertz CT molecular complexity index is 692. The molecular weight excluding hydrogens is 328 g/mol. The van der Waals surface area contributed by atoms with Crippen LogP contribution in [-0.2, 0) is 19.1 Å². The Hall–Kier alpha value is -1.45. The van der Waals surface area contributed by atoms with E-state index in [4.69, 9.17) is 4.74 Å². The minimum Gasteiger partial charge on any atom is -0.462 e. The zero-order chi connectivity index (χ0) is 18.7. The smallest absolute Gasteiger partial charge is 0.305 e. The van der Waals surface area contributed by atoms with Gasteiger partial charge in [0, 0.05) is 30.6 Å². The molecule has 0 unspecified atom stereocenters. The Labute approximate surface area is 155 Å². The van der Waals surface area contributed by atoms with E-state index in [1.807, 2.05) is 13.0 Å². The van der Waals surface area contributed by atoms with E-state index in [1.165, 1.54) is 5.57 Å². The van der Waals surface area contributed by atoms with Crippen LogP contribution in [-0.4, -0.2) is 23.6 Å². The molecule has 4 rings (SSSR count). The van der Waals surface area contributed by atoms with E-state index >= 15 is 0 Å². The maximum atomic E-state index is 13.4. The third-order valence-corrected chi connectivity index (χ3v) is 8.12. The summed E-state index contributed by atoms with van der Waals surface area (Å²) >= 11 is 0. The molecule has 0 saturated heterocycles. The number of ether oxygens (including phenoxy) is 1. The molecule has 6 atom stereocenters. The van der Waals surface area contributed by atoms with Crippen molar-refractivity contribution in [2.75, 3.05) is 0 Å². The van der Waals surface area contributed by atoms with E-state index < -0.39 is 0 Å². The topological polar surface area (TPSA) is 60.4 Å². The van der Waals surface area contributed by atoms with E-state index in [-0.39, 0.29) is 34.6 Å². The number of carbonyl (C=O) groups excluding carboxylic acids is 3. The summed E-state index contributed by atoms with van der Waals surface area (Å²) in [5, 5.41) is 0. The first kappa shape index (κ1) is 17.9. The molecule has 0 radical (unpaired) electrons. The van der Waals surface area contributed by atoms with Gasteiger partial charge in [-0.05, 0) is 55.4 Å². The predicted molar refractivity (Wildman–Crippen MR) is 97.3 cm³/mol. The summed E-state index contributed by atoms with van der Waals surface area (Å²) in [5.74, 6) is 1.23. The average Bonchev–Trinajstić information content (AvgIpc) is 2.91. The molecule has 0 heterocycles. The quantitative estimate of drug-likeness (QED) is 0.700. The summed E-state index contributed by atoms with van der Waals surface area (Å²) in [4.78, 5) is 37.1. The number of allylic oxidation sites excluding steroid dienone is 1. The van der Waals surface area contributed by atoms with Gasteiger partial charge in [-0.2, -0.15) is 0 Å². The van der Waals surface area contributed by atoms with Gasteiger partial charge in [0.2, 0.25) is 0 Å². The zero-order valence-corrected chi connectivity index (χ0v) is 16.2. The summed E-state index contributed by atoms with van der Waals surface area (Å²) < 4.78 is 5.76. The van der Waals surface area contributed by atoms with Crippen LogP contribution in [0.5, 0.6) is 0 Å². The largest absolute Gasteiger partial charge is 0.462 e. The number of ketones is 2. The molecule has 0 aromatic heterocycles. The Kier molecular flexibility index (Phi) is 4.16. The molecule has 0 spiro atoms. The fourth-order valence-corrected chi connectivity index (χ4v) is 6.77. The van der Waals surface area contributed by atoms with Gasteiger partial charge in [0.25, 0.3) is 0 Å². The Morgan fingerprint density at radius 2 is 1.96 bits per heavy atom. The first-order chi connectivity index (χ1) is 12.3. The van der Waals surface area contributed by atoms with Crippen molar-refractivity contribution in [2.45, 2.75) is 78.2 Å². The van der Waals surface area contributed by atoms with E-state index in [0.29, 0.717) is 36.9 Å². The number of hydrogen-bond acceptors (Lipinski definition) is 4. The van der Waals surface area contributed by atoms with Gasteiger partial charge in [-0.1, -0.05) is 26.3 Å². The van der Waals surface area contributed by atoms with Gasteiger partial charge in [0.15, 0.2) is 5.78 Å². The van der Waals surface area contributed by atoms with Crippen molar-refractivity contribution >= 4 is 17.5 Å². The van der Waals surface area contributed by atoms with Crippen LogP contribution in [0, 0.1) is 28.6 Å². The van der Waals surface area contributed by atoms with Crippen molar-refractivity contribution in [3.63, 3.8) is 0 Å². The van der Waals surface area contributed by atoms with Crippen molar-refractivity contribution in [2.24, 2.45) is 28.6 Å². The van der Waals surface area contributed by atoms with Crippen LogP contribution in [0.2, 0.25) is 0 Å². The number of fused-ring (bicyclic) bond motifs is 5. The van der Waals surface area contributed by atoms with Crippen molar-refractivity contribution in [3.8, 4) is 0 Å². The molecule has 0 aromatic carbocycles. The highest BCUT2D eigenvalue weighted by Gasteiger charge is 2.63. The highest BCUT2D eigenvalue weighted by atomic mass is 16.5. The van der Waals surface area contributed by atoms with Crippen LogP contribution in [0.25, 0.3) is 0 Å². The molecule has 26 heavy (non-hydrogen) atoms. The van der Waals surface area contributed by atoms with Crippen LogP contribution < -0.4 is 0 Å². The lowest BCUT2D eigenvalue weighted by Crippen LogP contribution is -2.55. The second kappa shape index (κ2) is 6.03. The first-order valence-electron chi connectivity index (χ1n) is 10.3. The number of rotatable bonds is 2. The van der Waals surface area contributed by atoms with E-state index in [9.17, 15) is 14.4 Å². The molecular formula is C22H30O4. The van der Waals surface area contributed by atoms with Gasteiger partial charge in [-0.3, -0.25) is 14.4 Å². The maximum absolute atomic E-state index is 13.4. The highest BCUT2D eigenvalue weighted by Crippen LogP contribution is 2.64. The lowest BCUT2D eigenvalue weighted by molar-refractivity contribution is -0.164. The molecule has 4 nitrogen and oxygen atoms in total. The molecule has 0 bridgehead atoms. The van der Waals surface area contributed by atoms with Crippen molar-refractivity contribution < 1.29 is 19.1 Å². The molecule has 4 aliphatic rings. The third-order valence-electron chi connectivity index (χ3n) is 8.12. The molecule has 142 valence electrons. The number of esters is 1. The lowest BCUT2D eigenvalue weighted by atomic mass is 9.47. The lowest BCUT2D eigenvalue weighted by Gasteiger charge is -2.56. The summed E-state index contributed by atoms with van der Waals surface area (Å²) in [6.45, 7) is 6.20. The van der Waals surface area contributed by atoms with E-state index in [2.05, 4.69) is 13.8 Å². The molecule has 3 fully saturated rings. The first-order valence-corrected chi connectivity index (χ1v) is 10.3. The maximum Gasteiger partial charge on any atom is 0.305 e. The summed E-state index contributed by atoms with van der Waals surface area (Å²) in [6.07, 6.45) is 7.82. The van der Waals surface area contributed by atoms with Crippen LogP contribution in [0.1, 0.15) is 72.1 Å². The van der Waals surface area contributed by atoms with Crippen LogP contribution in [0.3, 0.4) is 0 Å². The second-order valence-electron chi connectivity index (χ2n) is 9.40. The Balaban J connectivity index is 1.66. The fourth-order valence-electron chi connectivity index (χ4n) is 6.77. The van der Waals surface area contributed by atoms with Gasteiger partial charge in [0.1, 0.15) is 11.9 Å². The summed E-state index contributed by atoms with van der Waals surface area (Å²) in [5.41, 5.74) is 0.845. The summed E-state index contributed by atoms with van der Waals surface area (Å²) in [6, 6.07) is 0. The van der Waals surface area contributed by atoms with Crippen molar-refractivity contribution in [1.82, 2.24) is 0 Å². The number of hydrogen-bond donors (Lipinski definition) is 0. The van der Waals surface area contributed by atoms with Crippen molar-refractivity contribution in [1.29, 1.82) is 0 Å². The monoisotopic (exact) mass is 358 g/mol. The molecule has 0 aliphatic heterocycles. The van der Waals surface area contributed by atoms with Gasteiger partial charge < -0.3 is 4.74 Å². The van der Waals surface area contributed by atoms with Crippen LogP contribution in [0.4, 0.5) is 0 Å². The fraction of sp³-hybridized carbons (Fsp3) is 0.773. The Morgan fingerprint density at radius 3 is 2.69 bits per heavy atom. The number of carbonyl (C=O) groups is 3. The predicted octanol–water partition coefficient (Wildman–Crippen LogP) is 4.02. The highest BCUT2D eigenvalue weighted by molar-refractivity contribution is 5.93. The molecule has 0 N–H and O–H groups in total. The standard InChI is InChI=1S/C22H30O4/c1-4-19(25)26-18-8-7-16-15-6-5-13-11-14(23)9-10-21(13,2)20(15)17(24)12-22(16,18)3/h11,15-16,18,20H,4-10,12H2,1-3H3/t15-,16-,18+,20+,21+,22-/m1/s1. The summed E-state index contributed by atoms with van der Waals surface area (Å²) in [7, 11) is 0. The zero-order valence-electron chi connectivity index (χ0n) is 16.2. The number of Topliss-reactive ketones (excluding diaryl/α,β-unsaturated/α-hetero) is 1. The molecule has 4 heteroatoms. The van der Waals surface area contributed by atoms with E-state index in [1.54, 1.807) is 0 Å². The van der Waals surface area contributed by atoms with Gasteiger partial charge >= 0.3 is 5.97 Å². The van der Waals surface area contributed by atoms with Crippen LogP contribution in [0.15, 0.2) is 11.6 Å². The molecule has 0 aromatic rings. The molecule has 3 saturated carbocycles. The average molecular weight is 358 g/mol. The minimum absolute atomic E-state index is 0.0364. The third kappa shape index (κ3) is 2.44. The minimum atomic E-state index is -0.217.